The van der Waals surface area contributed by atoms with Crippen LogP contribution in [-0.2, 0) is 4.74 Å². The van der Waals surface area contributed by atoms with Crippen molar-refractivity contribution in [2.45, 2.75) is 46.5 Å². The Bertz CT molecular complexity index is 167. The smallest absolute Gasteiger partial charge is 0.0963 e. The highest BCUT2D eigenvalue weighted by Crippen LogP contribution is 2.19. The van der Waals surface area contributed by atoms with E-state index in [2.05, 4.69) is 6.92 Å². The first kappa shape index (κ1) is 13.4. The zero-order chi connectivity index (χ0) is 11.0. The largest absolute Gasteiger partial charge is 0.387 e. The van der Waals surface area contributed by atoms with Gasteiger partial charge in [-0.25, -0.2) is 0 Å². The van der Waals surface area contributed by atoms with E-state index in [9.17, 15) is 0 Å². The van der Waals surface area contributed by atoms with Crippen molar-refractivity contribution in [3.05, 3.63) is 0 Å². The number of ether oxygens (including phenoxy) is 1. The van der Waals surface area contributed by atoms with Gasteiger partial charge in [0.1, 0.15) is 0 Å². The molecule has 84 valence electrons. The molecule has 0 radical (unpaired) electrons. The van der Waals surface area contributed by atoms with Gasteiger partial charge in [-0.05, 0) is 12.8 Å². The number of amidine groups is 1. The summed E-state index contributed by atoms with van der Waals surface area (Å²) in [5, 5.41) is 7.37. The van der Waals surface area contributed by atoms with E-state index in [1.54, 1.807) is 0 Å². The molecule has 0 saturated heterocycles. The molecule has 0 unspecified atom stereocenters. The van der Waals surface area contributed by atoms with Crippen molar-refractivity contribution in [2.24, 2.45) is 11.1 Å². The molecule has 0 rings (SSSR count). The Morgan fingerprint density at radius 1 is 1.29 bits per heavy atom. The number of nitrogens with one attached hydrogen (secondary N) is 1. The average molecular weight is 200 g/mol. The van der Waals surface area contributed by atoms with Crippen LogP contribution in [0.2, 0.25) is 0 Å². The van der Waals surface area contributed by atoms with Gasteiger partial charge in [0.2, 0.25) is 0 Å². The van der Waals surface area contributed by atoms with E-state index in [0.717, 1.165) is 19.4 Å². The Balaban J connectivity index is 3.40. The van der Waals surface area contributed by atoms with Gasteiger partial charge in [-0.15, -0.1) is 0 Å². The summed E-state index contributed by atoms with van der Waals surface area (Å²) < 4.78 is 5.47. The van der Waals surface area contributed by atoms with Crippen molar-refractivity contribution < 1.29 is 4.74 Å². The lowest BCUT2D eigenvalue weighted by atomic mass is 9.89. The van der Waals surface area contributed by atoms with Crippen LogP contribution in [0.1, 0.15) is 46.5 Å². The van der Waals surface area contributed by atoms with Crippen LogP contribution in [-0.4, -0.2) is 19.0 Å². The molecule has 3 heteroatoms. The van der Waals surface area contributed by atoms with E-state index in [0.29, 0.717) is 6.61 Å². The van der Waals surface area contributed by atoms with Gasteiger partial charge >= 0.3 is 0 Å². The van der Waals surface area contributed by atoms with Crippen molar-refractivity contribution in [3.63, 3.8) is 0 Å². The maximum absolute atomic E-state index is 7.37. The molecule has 0 spiro atoms. The number of nitrogens with two attached hydrogens (primary N) is 1. The summed E-state index contributed by atoms with van der Waals surface area (Å²) in [6.45, 7) is 7.67. The van der Waals surface area contributed by atoms with Gasteiger partial charge in [-0.2, -0.15) is 0 Å². The Kier molecular flexibility index (Phi) is 6.54. The predicted molar refractivity (Wildman–Crippen MR) is 60.7 cm³/mol. The second-order valence-electron chi connectivity index (χ2n) is 4.37. The zero-order valence-corrected chi connectivity index (χ0v) is 9.73. The third-order valence-corrected chi connectivity index (χ3v) is 2.49. The Labute approximate surface area is 87.5 Å². The van der Waals surface area contributed by atoms with Crippen LogP contribution in [0.5, 0.6) is 0 Å². The lowest BCUT2D eigenvalue weighted by molar-refractivity contribution is 0.113. The monoisotopic (exact) mass is 200 g/mol. The van der Waals surface area contributed by atoms with Crippen molar-refractivity contribution in [3.8, 4) is 0 Å². The van der Waals surface area contributed by atoms with Crippen molar-refractivity contribution in [1.82, 2.24) is 0 Å². The highest BCUT2D eigenvalue weighted by atomic mass is 16.5. The third kappa shape index (κ3) is 5.97. The molecule has 3 N–H and O–H groups in total. The molecule has 0 aromatic heterocycles. The minimum absolute atomic E-state index is 0.218. The number of hydrogen-bond donors (Lipinski definition) is 2. The second-order valence-corrected chi connectivity index (χ2v) is 4.37. The summed E-state index contributed by atoms with van der Waals surface area (Å²) in [7, 11) is 0. The minimum Gasteiger partial charge on any atom is -0.387 e. The van der Waals surface area contributed by atoms with Crippen LogP contribution in [0.4, 0.5) is 0 Å². The fraction of sp³-hybridized carbons (Fsp3) is 0.909. The first-order valence-corrected chi connectivity index (χ1v) is 5.43. The first-order chi connectivity index (χ1) is 6.50. The van der Waals surface area contributed by atoms with Crippen molar-refractivity contribution in [1.29, 1.82) is 5.41 Å². The van der Waals surface area contributed by atoms with Crippen molar-refractivity contribution >= 4 is 5.84 Å². The van der Waals surface area contributed by atoms with Crippen LogP contribution in [0, 0.1) is 10.8 Å². The summed E-state index contributed by atoms with van der Waals surface area (Å²) in [6.07, 6.45) is 4.42. The maximum Gasteiger partial charge on any atom is 0.0963 e. The van der Waals surface area contributed by atoms with Gasteiger partial charge in [-0.1, -0.05) is 33.6 Å². The van der Waals surface area contributed by atoms with E-state index < -0.39 is 0 Å². The maximum atomic E-state index is 7.37. The van der Waals surface area contributed by atoms with Crippen LogP contribution in [0.15, 0.2) is 0 Å². The molecule has 0 bridgehead atoms. The molecule has 0 saturated carbocycles. The minimum atomic E-state index is -0.218. The molecule has 0 atom stereocenters. The number of hydrogen-bond acceptors (Lipinski definition) is 2. The van der Waals surface area contributed by atoms with Crippen LogP contribution < -0.4 is 5.73 Å². The molecule has 0 heterocycles. The fourth-order valence-corrected chi connectivity index (χ4v) is 1.02. The summed E-state index contributed by atoms with van der Waals surface area (Å²) in [4.78, 5) is 0. The van der Waals surface area contributed by atoms with E-state index in [1.807, 2.05) is 13.8 Å². The van der Waals surface area contributed by atoms with E-state index in [1.165, 1.54) is 12.8 Å². The Hall–Kier alpha value is -0.570. The van der Waals surface area contributed by atoms with Crippen LogP contribution in [0.3, 0.4) is 0 Å². The zero-order valence-electron chi connectivity index (χ0n) is 9.73. The highest BCUT2D eigenvalue weighted by Gasteiger charge is 2.20. The standard InChI is InChI=1S/C11H24N2O/c1-4-5-6-8-14-9-7-11(2,3)10(12)13/h4-9H2,1-3H3,(H3,12,13). The van der Waals surface area contributed by atoms with E-state index >= 15 is 0 Å². The van der Waals surface area contributed by atoms with Crippen LogP contribution >= 0.6 is 0 Å². The average Bonchev–Trinajstić information content (AvgIpc) is 2.10. The molecular weight excluding hydrogens is 176 g/mol. The van der Waals surface area contributed by atoms with E-state index in [-0.39, 0.29) is 11.3 Å². The molecular formula is C11H24N2O. The third-order valence-electron chi connectivity index (χ3n) is 2.49. The second kappa shape index (κ2) is 6.82. The summed E-state index contributed by atoms with van der Waals surface area (Å²) >= 11 is 0. The van der Waals surface area contributed by atoms with Gasteiger partial charge in [0.25, 0.3) is 0 Å². The van der Waals surface area contributed by atoms with Crippen LogP contribution in [0.25, 0.3) is 0 Å². The topological polar surface area (TPSA) is 59.1 Å². The summed E-state index contributed by atoms with van der Waals surface area (Å²) in [6, 6.07) is 0. The molecule has 0 aromatic carbocycles. The van der Waals surface area contributed by atoms with Crippen molar-refractivity contribution in [2.75, 3.05) is 13.2 Å². The molecule has 0 amide bonds. The molecule has 14 heavy (non-hydrogen) atoms. The molecule has 0 aliphatic carbocycles. The Morgan fingerprint density at radius 2 is 1.93 bits per heavy atom. The summed E-state index contributed by atoms with van der Waals surface area (Å²) in [5.74, 6) is 0.245. The fourth-order valence-electron chi connectivity index (χ4n) is 1.02. The number of unbranched alkanes of at least 4 members (excludes halogenated alkanes) is 2. The number of rotatable bonds is 8. The lowest BCUT2D eigenvalue weighted by Crippen LogP contribution is -2.31. The quantitative estimate of drug-likeness (QED) is 0.359. The highest BCUT2D eigenvalue weighted by molar-refractivity contribution is 5.82. The molecule has 0 fully saturated rings. The molecule has 3 nitrogen and oxygen atoms in total. The van der Waals surface area contributed by atoms with Gasteiger partial charge < -0.3 is 10.5 Å². The SMILES string of the molecule is CCCCCOCCC(C)(C)C(=N)N. The molecule has 0 aromatic rings. The van der Waals surface area contributed by atoms with Gasteiger partial charge in [0.05, 0.1) is 5.84 Å². The van der Waals surface area contributed by atoms with Gasteiger partial charge in [0, 0.05) is 18.6 Å². The van der Waals surface area contributed by atoms with Gasteiger partial charge in [0.15, 0.2) is 0 Å². The van der Waals surface area contributed by atoms with E-state index in [4.69, 9.17) is 15.9 Å². The Morgan fingerprint density at radius 3 is 2.43 bits per heavy atom. The van der Waals surface area contributed by atoms with Gasteiger partial charge in [-0.3, -0.25) is 5.41 Å². The normalized spacial score (nSPS) is 11.6. The predicted octanol–water partition coefficient (Wildman–Crippen LogP) is 2.55. The first-order valence-electron chi connectivity index (χ1n) is 5.43. The molecule has 0 aliphatic rings. The summed E-state index contributed by atoms with van der Waals surface area (Å²) in [5.41, 5.74) is 5.24. The molecule has 0 aliphatic heterocycles. The lowest BCUT2D eigenvalue weighted by Gasteiger charge is -2.22.